The molecule has 1 saturated heterocycles. The number of rotatable bonds is 4. The van der Waals surface area contributed by atoms with Crippen molar-refractivity contribution in [3.63, 3.8) is 0 Å². The summed E-state index contributed by atoms with van der Waals surface area (Å²) >= 11 is 1.42. The molecule has 1 unspecified atom stereocenters. The van der Waals surface area contributed by atoms with E-state index in [-0.39, 0.29) is 12.4 Å². The van der Waals surface area contributed by atoms with E-state index in [1.54, 1.807) is 6.20 Å². The molecule has 120 valence electrons. The monoisotopic (exact) mass is 340 g/mol. The van der Waals surface area contributed by atoms with Gasteiger partial charge < -0.3 is 11.1 Å². The highest BCUT2D eigenvalue weighted by Gasteiger charge is 2.17. The Kier molecular flexibility index (Phi) is 6.35. The number of hydrogen-bond donors (Lipinski definition) is 2. The van der Waals surface area contributed by atoms with Crippen molar-refractivity contribution in [3.05, 3.63) is 29.4 Å². The van der Waals surface area contributed by atoms with Crippen molar-refractivity contribution < 1.29 is 0 Å². The molecule has 0 radical (unpaired) electrons. The number of aromatic nitrogens is 3. The minimum Gasteiger partial charge on any atom is -0.384 e. The van der Waals surface area contributed by atoms with Crippen LogP contribution in [0.3, 0.4) is 0 Å². The molecule has 22 heavy (non-hydrogen) atoms. The van der Waals surface area contributed by atoms with Crippen LogP contribution in [0.5, 0.6) is 0 Å². The molecule has 6 nitrogen and oxygen atoms in total. The van der Waals surface area contributed by atoms with Gasteiger partial charge in [0.15, 0.2) is 0 Å². The van der Waals surface area contributed by atoms with E-state index in [0.29, 0.717) is 11.9 Å². The molecule has 0 spiro atoms. The second kappa shape index (κ2) is 8.26. The number of nitrogens with one attached hydrogen (secondary N) is 1. The first-order chi connectivity index (χ1) is 10.3. The normalized spacial score (nSPS) is 19.2. The third-order valence-corrected chi connectivity index (χ3v) is 4.32. The number of nitrogens with zero attached hydrogens (tertiary/aromatic N) is 4. The summed E-state index contributed by atoms with van der Waals surface area (Å²) in [6, 6.07) is 4.32. The van der Waals surface area contributed by atoms with Gasteiger partial charge in [0.2, 0.25) is 0 Å². The van der Waals surface area contributed by atoms with Gasteiger partial charge in [-0.05, 0) is 49.5 Å². The molecule has 1 aliphatic heterocycles. The maximum Gasteiger partial charge on any atom is 0.123 e. The lowest BCUT2D eigenvalue weighted by Crippen LogP contribution is -2.26. The summed E-state index contributed by atoms with van der Waals surface area (Å²) < 4.78 is 3.92. The standard InChI is InChI=1S/C14H20N6S.ClH/c15-14-4-3-12(8-16-14)17-11-2-1-6-20(7-5-11)9-13-10-21-19-18-13;/h3-4,8,10-11,17H,1-2,5-7,9H2,(H2,15,16);1H. The predicted molar refractivity (Wildman–Crippen MR) is 92.3 cm³/mol. The van der Waals surface area contributed by atoms with Crippen molar-refractivity contribution in [2.24, 2.45) is 0 Å². The highest BCUT2D eigenvalue weighted by Crippen LogP contribution is 2.18. The van der Waals surface area contributed by atoms with Crippen molar-refractivity contribution in [3.8, 4) is 0 Å². The molecule has 1 fully saturated rings. The van der Waals surface area contributed by atoms with Gasteiger partial charge in [0.05, 0.1) is 17.6 Å². The molecule has 0 saturated carbocycles. The van der Waals surface area contributed by atoms with Gasteiger partial charge in [-0.2, -0.15) is 0 Å². The summed E-state index contributed by atoms with van der Waals surface area (Å²) in [7, 11) is 0. The maximum absolute atomic E-state index is 5.61. The molecule has 3 N–H and O–H groups in total. The Bertz CT molecular complexity index is 547. The third kappa shape index (κ3) is 4.79. The van der Waals surface area contributed by atoms with E-state index < -0.39 is 0 Å². The molecular formula is C14H21ClN6S. The summed E-state index contributed by atoms with van der Waals surface area (Å²) in [5, 5.41) is 9.71. The van der Waals surface area contributed by atoms with Crippen LogP contribution in [-0.4, -0.2) is 38.6 Å². The Morgan fingerprint density at radius 2 is 2.23 bits per heavy atom. The van der Waals surface area contributed by atoms with Crippen LogP contribution in [-0.2, 0) is 6.54 Å². The van der Waals surface area contributed by atoms with Gasteiger partial charge in [0.1, 0.15) is 5.82 Å². The van der Waals surface area contributed by atoms with Crippen LogP contribution in [0, 0.1) is 0 Å². The first-order valence-electron chi connectivity index (χ1n) is 7.26. The second-order valence-electron chi connectivity index (χ2n) is 5.42. The second-order valence-corrected chi connectivity index (χ2v) is 6.03. The first kappa shape index (κ1) is 16.9. The van der Waals surface area contributed by atoms with E-state index in [9.17, 15) is 0 Å². The van der Waals surface area contributed by atoms with Crippen LogP contribution in [0.1, 0.15) is 25.0 Å². The van der Waals surface area contributed by atoms with Crippen LogP contribution in [0.2, 0.25) is 0 Å². The summed E-state index contributed by atoms with van der Waals surface area (Å²) in [5.74, 6) is 0.560. The van der Waals surface area contributed by atoms with Gasteiger partial charge in [-0.25, -0.2) is 4.98 Å². The average molecular weight is 341 g/mol. The summed E-state index contributed by atoms with van der Waals surface area (Å²) in [6.45, 7) is 3.11. The van der Waals surface area contributed by atoms with Gasteiger partial charge in [-0.15, -0.1) is 17.5 Å². The average Bonchev–Trinajstić information content (AvgIpc) is 2.89. The van der Waals surface area contributed by atoms with Crippen LogP contribution in [0.4, 0.5) is 11.5 Å². The summed E-state index contributed by atoms with van der Waals surface area (Å²) in [5.41, 5.74) is 7.74. The lowest BCUT2D eigenvalue weighted by atomic mass is 10.1. The molecule has 0 aromatic carbocycles. The van der Waals surface area contributed by atoms with Crippen molar-refractivity contribution in [2.75, 3.05) is 24.1 Å². The number of likely N-dealkylation sites (tertiary alicyclic amines) is 1. The zero-order valence-corrected chi connectivity index (χ0v) is 13.9. The molecule has 0 aliphatic carbocycles. The van der Waals surface area contributed by atoms with E-state index >= 15 is 0 Å². The van der Waals surface area contributed by atoms with Gasteiger partial charge in [-0.3, -0.25) is 4.90 Å². The largest absolute Gasteiger partial charge is 0.384 e. The number of hydrogen-bond acceptors (Lipinski definition) is 7. The van der Waals surface area contributed by atoms with Crippen molar-refractivity contribution >= 4 is 35.4 Å². The fourth-order valence-electron chi connectivity index (χ4n) is 2.67. The molecule has 3 rings (SSSR count). The van der Waals surface area contributed by atoms with Crippen LogP contribution >= 0.6 is 23.9 Å². The lowest BCUT2D eigenvalue weighted by Gasteiger charge is -2.19. The molecule has 8 heteroatoms. The van der Waals surface area contributed by atoms with Crippen LogP contribution < -0.4 is 11.1 Å². The van der Waals surface area contributed by atoms with Crippen molar-refractivity contribution in [1.82, 2.24) is 19.5 Å². The fourth-order valence-corrected chi connectivity index (χ4v) is 3.11. The molecule has 2 aromatic heterocycles. The summed E-state index contributed by atoms with van der Waals surface area (Å²) in [6.07, 6.45) is 5.30. The molecule has 1 atom stereocenters. The van der Waals surface area contributed by atoms with E-state index in [4.69, 9.17) is 5.73 Å². The topological polar surface area (TPSA) is 80.0 Å². The third-order valence-electron chi connectivity index (χ3n) is 3.77. The fraction of sp³-hybridized carbons (Fsp3) is 0.500. The SMILES string of the molecule is Cl.Nc1ccc(NC2CCCN(Cc3csnn3)CC2)cn1. The Morgan fingerprint density at radius 1 is 1.32 bits per heavy atom. The molecular weight excluding hydrogens is 320 g/mol. The van der Waals surface area contributed by atoms with E-state index in [2.05, 4.69) is 24.8 Å². The predicted octanol–water partition coefficient (Wildman–Crippen LogP) is 2.40. The van der Waals surface area contributed by atoms with Crippen molar-refractivity contribution in [2.45, 2.75) is 31.8 Å². The van der Waals surface area contributed by atoms with E-state index in [1.165, 1.54) is 24.4 Å². The van der Waals surface area contributed by atoms with Gasteiger partial charge in [-0.1, -0.05) is 4.49 Å². The first-order valence-corrected chi connectivity index (χ1v) is 8.09. The quantitative estimate of drug-likeness (QED) is 0.889. The van der Waals surface area contributed by atoms with Crippen LogP contribution in [0.25, 0.3) is 0 Å². The zero-order chi connectivity index (χ0) is 14.5. The van der Waals surface area contributed by atoms with Crippen molar-refractivity contribution in [1.29, 1.82) is 0 Å². The molecule has 3 heterocycles. The highest BCUT2D eigenvalue weighted by molar-refractivity contribution is 7.03. The van der Waals surface area contributed by atoms with E-state index in [0.717, 1.165) is 37.4 Å². The smallest absolute Gasteiger partial charge is 0.123 e. The number of nitrogen functional groups attached to an aromatic ring is 1. The van der Waals surface area contributed by atoms with Gasteiger partial charge in [0, 0.05) is 24.5 Å². The highest BCUT2D eigenvalue weighted by atomic mass is 35.5. The lowest BCUT2D eigenvalue weighted by molar-refractivity contribution is 0.273. The number of halogens is 1. The molecule has 1 aliphatic rings. The van der Waals surface area contributed by atoms with E-state index in [1.807, 2.05) is 17.5 Å². The Morgan fingerprint density at radius 3 is 2.95 bits per heavy atom. The Balaban J connectivity index is 0.00000176. The number of anilines is 2. The van der Waals surface area contributed by atoms with Crippen LogP contribution in [0.15, 0.2) is 23.7 Å². The van der Waals surface area contributed by atoms with Gasteiger partial charge >= 0.3 is 0 Å². The Hall–Kier alpha value is -1.44. The maximum atomic E-state index is 5.61. The molecule has 0 bridgehead atoms. The molecule has 0 amide bonds. The minimum absolute atomic E-state index is 0. The summed E-state index contributed by atoms with van der Waals surface area (Å²) in [4.78, 5) is 6.58. The number of nitrogens with two attached hydrogens (primary N) is 1. The number of pyridine rings is 1. The Labute approximate surface area is 140 Å². The van der Waals surface area contributed by atoms with Gasteiger partial charge in [0.25, 0.3) is 0 Å². The zero-order valence-electron chi connectivity index (χ0n) is 12.3. The molecule has 2 aromatic rings. The minimum atomic E-state index is 0.